The van der Waals surface area contributed by atoms with Crippen molar-refractivity contribution < 1.29 is 10.0 Å². The highest BCUT2D eigenvalue weighted by atomic mass is 32.1. The Morgan fingerprint density at radius 3 is 2.57 bits per heavy atom. The summed E-state index contributed by atoms with van der Waals surface area (Å²) in [5.74, 6) is 0. The van der Waals surface area contributed by atoms with Crippen LogP contribution >= 0.6 is 11.3 Å². The average Bonchev–Trinajstić information content (AvgIpc) is 2.71. The van der Waals surface area contributed by atoms with Crippen LogP contribution in [0.3, 0.4) is 0 Å². The van der Waals surface area contributed by atoms with Crippen LogP contribution in [0.5, 0.6) is 0 Å². The lowest BCUT2D eigenvalue weighted by atomic mass is 9.79. The summed E-state index contributed by atoms with van der Waals surface area (Å²) < 4.78 is 0. The summed E-state index contributed by atoms with van der Waals surface area (Å²) >= 11 is 1.63. The first-order chi connectivity index (χ1) is 6.77. The Bertz CT molecular complexity index is 412. The molecule has 2 rings (SSSR count). The number of rotatable bonds is 2. The highest BCUT2D eigenvalue weighted by molar-refractivity contribution is 7.13. The Morgan fingerprint density at radius 1 is 1.07 bits per heavy atom. The molecule has 2 nitrogen and oxygen atoms in total. The molecule has 0 bridgehead atoms. The van der Waals surface area contributed by atoms with Gasteiger partial charge in [0.2, 0.25) is 0 Å². The SMILES string of the molecule is OB(O)c1cccc(-c2cccs2)c1. The van der Waals surface area contributed by atoms with Gasteiger partial charge < -0.3 is 10.0 Å². The second-order valence-electron chi connectivity index (χ2n) is 2.98. The molecule has 0 unspecified atom stereocenters. The van der Waals surface area contributed by atoms with Crippen molar-refractivity contribution in [2.75, 3.05) is 0 Å². The average molecular weight is 204 g/mol. The number of hydrogen-bond acceptors (Lipinski definition) is 3. The summed E-state index contributed by atoms with van der Waals surface area (Å²) in [5, 5.41) is 20.0. The number of hydrogen-bond donors (Lipinski definition) is 2. The standard InChI is InChI=1S/C10H9BO2S/c12-11(13)9-4-1-3-8(7-9)10-5-2-6-14-10/h1-7,12-13H. The third-order valence-electron chi connectivity index (χ3n) is 1.99. The molecule has 4 heteroatoms. The molecule has 0 saturated carbocycles. The van der Waals surface area contributed by atoms with Gasteiger partial charge in [0.05, 0.1) is 0 Å². The molecule has 0 aliphatic rings. The Hall–Kier alpha value is -1.10. The molecule has 0 atom stereocenters. The van der Waals surface area contributed by atoms with Gasteiger partial charge in [0.25, 0.3) is 0 Å². The van der Waals surface area contributed by atoms with Gasteiger partial charge in [-0.05, 0) is 22.5 Å². The highest BCUT2D eigenvalue weighted by Gasteiger charge is 2.11. The predicted molar refractivity (Wildman–Crippen MR) is 59.6 cm³/mol. The molecule has 14 heavy (non-hydrogen) atoms. The molecule has 0 amide bonds. The summed E-state index contributed by atoms with van der Waals surface area (Å²) in [5.41, 5.74) is 1.54. The van der Waals surface area contributed by atoms with Crippen LogP contribution in [0.2, 0.25) is 0 Å². The monoisotopic (exact) mass is 204 g/mol. The molecule has 2 N–H and O–H groups in total. The quantitative estimate of drug-likeness (QED) is 0.719. The molecule has 0 aliphatic carbocycles. The number of thiophene rings is 1. The van der Waals surface area contributed by atoms with Crippen molar-refractivity contribution in [2.45, 2.75) is 0 Å². The van der Waals surface area contributed by atoms with Gasteiger partial charge in [0.1, 0.15) is 0 Å². The maximum Gasteiger partial charge on any atom is 0.488 e. The van der Waals surface area contributed by atoms with Crippen LogP contribution in [-0.2, 0) is 0 Å². The molecule has 0 aliphatic heterocycles. The van der Waals surface area contributed by atoms with Crippen LogP contribution in [0.25, 0.3) is 10.4 Å². The van der Waals surface area contributed by atoms with E-state index in [0.717, 1.165) is 10.4 Å². The van der Waals surface area contributed by atoms with Gasteiger partial charge in [-0.3, -0.25) is 0 Å². The van der Waals surface area contributed by atoms with Gasteiger partial charge in [0.15, 0.2) is 0 Å². The Kier molecular flexibility index (Phi) is 2.68. The summed E-state index contributed by atoms with van der Waals surface area (Å²) in [6.07, 6.45) is 0. The molecule has 1 heterocycles. The van der Waals surface area contributed by atoms with Crippen molar-refractivity contribution in [3.63, 3.8) is 0 Å². The largest absolute Gasteiger partial charge is 0.488 e. The molecule has 0 fully saturated rings. The first-order valence-corrected chi connectivity index (χ1v) is 5.15. The normalized spacial score (nSPS) is 10.1. The van der Waals surface area contributed by atoms with E-state index in [9.17, 15) is 0 Å². The lowest BCUT2D eigenvalue weighted by Crippen LogP contribution is -2.29. The van der Waals surface area contributed by atoms with Crippen molar-refractivity contribution >= 4 is 23.9 Å². The molecule has 70 valence electrons. The molecular formula is C10H9BO2S. The van der Waals surface area contributed by atoms with E-state index in [1.165, 1.54) is 0 Å². The van der Waals surface area contributed by atoms with Gasteiger partial charge in [-0.2, -0.15) is 0 Å². The second kappa shape index (κ2) is 3.96. The predicted octanol–water partition coefficient (Wildman–Crippen LogP) is 1.09. The minimum atomic E-state index is -1.39. The van der Waals surface area contributed by atoms with Crippen LogP contribution in [-0.4, -0.2) is 17.2 Å². The Balaban J connectivity index is 2.41. The van der Waals surface area contributed by atoms with E-state index in [1.54, 1.807) is 23.5 Å². The fraction of sp³-hybridized carbons (Fsp3) is 0. The number of benzene rings is 1. The fourth-order valence-corrected chi connectivity index (χ4v) is 2.02. The summed E-state index contributed by atoms with van der Waals surface area (Å²) in [4.78, 5) is 1.13. The third-order valence-corrected chi connectivity index (χ3v) is 2.91. The first kappa shape index (κ1) is 9.46. The van der Waals surface area contributed by atoms with E-state index in [-0.39, 0.29) is 0 Å². The minimum Gasteiger partial charge on any atom is -0.423 e. The molecule has 0 saturated heterocycles. The molecule has 1 aromatic carbocycles. The topological polar surface area (TPSA) is 40.5 Å². The van der Waals surface area contributed by atoms with Crippen LogP contribution in [0, 0.1) is 0 Å². The fourth-order valence-electron chi connectivity index (χ4n) is 1.30. The summed E-state index contributed by atoms with van der Waals surface area (Å²) in [6.45, 7) is 0. The molecular weight excluding hydrogens is 195 g/mol. The van der Waals surface area contributed by atoms with E-state index in [1.807, 2.05) is 29.6 Å². The summed E-state index contributed by atoms with van der Waals surface area (Å²) in [7, 11) is -1.39. The Labute approximate surface area is 86.6 Å². The molecule has 0 spiro atoms. The van der Waals surface area contributed by atoms with E-state index in [4.69, 9.17) is 10.0 Å². The van der Waals surface area contributed by atoms with Crippen molar-refractivity contribution in [3.8, 4) is 10.4 Å². The van der Waals surface area contributed by atoms with Crippen molar-refractivity contribution in [3.05, 3.63) is 41.8 Å². The maximum atomic E-state index is 9.00. The smallest absolute Gasteiger partial charge is 0.423 e. The lowest BCUT2D eigenvalue weighted by Gasteiger charge is -2.01. The highest BCUT2D eigenvalue weighted by Crippen LogP contribution is 2.23. The van der Waals surface area contributed by atoms with Crippen molar-refractivity contribution in [1.82, 2.24) is 0 Å². The maximum absolute atomic E-state index is 9.00. The van der Waals surface area contributed by atoms with Gasteiger partial charge in [-0.1, -0.05) is 30.3 Å². The van der Waals surface area contributed by atoms with E-state index in [0.29, 0.717) is 5.46 Å². The zero-order valence-electron chi connectivity index (χ0n) is 7.42. The van der Waals surface area contributed by atoms with Gasteiger partial charge >= 0.3 is 7.12 Å². The second-order valence-corrected chi connectivity index (χ2v) is 3.92. The third kappa shape index (κ3) is 1.87. The first-order valence-electron chi connectivity index (χ1n) is 4.27. The van der Waals surface area contributed by atoms with E-state index in [2.05, 4.69) is 0 Å². The lowest BCUT2D eigenvalue weighted by molar-refractivity contribution is 0.426. The van der Waals surface area contributed by atoms with Crippen molar-refractivity contribution in [1.29, 1.82) is 0 Å². The minimum absolute atomic E-state index is 0.524. The van der Waals surface area contributed by atoms with Crippen LogP contribution in [0.1, 0.15) is 0 Å². The molecule has 0 radical (unpaired) electrons. The van der Waals surface area contributed by atoms with Crippen LogP contribution < -0.4 is 5.46 Å². The summed E-state index contributed by atoms with van der Waals surface area (Å²) in [6, 6.07) is 11.2. The van der Waals surface area contributed by atoms with Crippen molar-refractivity contribution in [2.24, 2.45) is 0 Å². The van der Waals surface area contributed by atoms with Gasteiger partial charge in [0, 0.05) is 4.88 Å². The zero-order chi connectivity index (χ0) is 9.97. The van der Waals surface area contributed by atoms with E-state index < -0.39 is 7.12 Å². The Morgan fingerprint density at radius 2 is 1.93 bits per heavy atom. The molecule has 1 aromatic heterocycles. The van der Waals surface area contributed by atoms with E-state index >= 15 is 0 Å². The molecule has 2 aromatic rings. The van der Waals surface area contributed by atoms with Gasteiger partial charge in [-0.25, -0.2) is 0 Å². The van der Waals surface area contributed by atoms with Crippen LogP contribution in [0.4, 0.5) is 0 Å². The van der Waals surface area contributed by atoms with Gasteiger partial charge in [-0.15, -0.1) is 11.3 Å². The van der Waals surface area contributed by atoms with Crippen LogP contribution in [0.15, 0.2) is 41.8 Å². The zero-order valence-corrected chi connectivity index (χ0v) is 8.24.